The maximum absolute atomic E-state index is 12.9. The van der Waals surface area contributed by atoms with Crippen LogP contribution in [0.25, 0.3) is 5.69 Å². The first-order chi connectivity index (χ1) is 13.9. The Balaban J connectivity index is 1.57. The van der Waals surface area contributed by atoms with Gasteiger partial charge in [-0.1, -0.05) is 0 Å². The minimum atomic E-state index is -3.77. The minimum absolute atomic E-state index is 0.157. The van der Waals surface area contributed by atoms with Crippen molar-refractivity contribution in [3.05, 3.63) is 54.1 Å². The van der Waals surface area contributed by atoms with Crippen LogP contribution in [0, 0.1) is 13.8 Å². The van der Waals surface area contributed by atoms with Crippen LogP contribution in [-0.4, -0.2) is 54.5 Å². The summed E-state index contributed by atoms with van der Waals surface area (Å²) >= 11 is 0. The van der Waals surface area contributed by atoms with E-state index in [0.29, 0.717) is 49.3 Å². The Morgan fingerprint density at radius 3 is 2.28 bits per heavy atom. The van der Waals surface area contributed by atoms with Gasteiger partial charge in [0.1, 0.15) is 0 Å². The molecule has 0 aliphatic carbocycles. The van der Waals surface area contributed by atoms with E-state index in [0.717, 1.165) is 5.69 Å². The van der Waals surface area contributed by atoms with Crippen LogP contribution in [0.5, 0.6) is 0 Å². The minimum Gasteiger partial charge on any atom is -0.378 e. The van der Waals surface area contributed by atoms with Crippen molar-refractivity contribution in [1.82, 2.24) is 19.7 Å². The summed E-state index contributed by atoms with van der Waals surface area (Å²) in [5, 5.41) is 4.14. The highest BCUT2D eigenvalue weighted by Gasteiger charge is 2.21. The van der Waals surface area contributed by atoms with Gasteiger partial charge in [0.15, 0.2) is 0 Å². The van der Waals surface area contributed by atoms with Crippen molar-refractivity contribution in [2.24, 2.45) is 0 Å². The summed E-state index contributed by atoms with van der Waals surface area (Å²) in [4.78, 5) is 11.2. The third kappa shape index (κ3) is 4.08. The Labute approximate surface area is 169 Å². The maximum atomic E-state index is 12.9. The molecule has 0 bridgehead atoms. The fourth-order valence-corrected chi connectivity index (χ4v) is 4.32. The zero-order chi connectivity index (χ0) is 20.4. The highest BCUT2D eigenvalue weighted by Crippen LogP contribution is 2.24. The van der Waals surface area contributed by atoms with Crippen LogP contribution in [0.2, 0.25) is 0 Å². The average molecular weight is 414 g/mol. The van der Waals surface area contributed by atoms with Gasteiger partial charge in [-0.25, -0.2) is 23.1 Å². The lowest BCUT2D eigenvalue weighted by atomic mass is 10.3. The number of aryl methyl sites for hydroxylation is 2. The number of morpholine rings is 1. The molecule has 0 amide bonds. The van der Waals surface area contributed by atoms with Crippen molar-refractivity contribution < 1.29 is 13.2 Å². The molecule has 1 aromatic carbocycles. The van der Waals surface area contributed by atoms with E-state index in [4.69, 9.17) is 4.74 Å². The summed E-state index contributed by atoms with van der Waals surface area (Å²) in [7, 11) is -3.77. The molecule has 1 saturated heterocycles. The number of rotatable bonds is 5. The largest absolute Gasteiger partial charge is 0.378 e. The Morgan fingerprint density at radius 2 is 1.69 bits per heavy atom. The number of hydrogen-bond donors (Lipinski definition) is 1. The lowest BCUT2D eigenvalue weighted by Gasteiger charge is -2.27. The van der Waals surface area contributed by atoms with Crippen molar-refractivity contribution in [2.45, 2.75) is 18.7 Å². The smallest absolute Gasteiger partial charge is 0.262 e. The molecule has 4 rings (SSSR count). The summed E-state index contributed by atoms with van der Waals surface area (Å²) in [6, 6.07) is 8.32. The van der Waals surface area contributed by atoms with Gasteiger partial charge in [0.2, 0.25) is 5.95 Å². The summed E-state index contributed by atoms with van der Waals surface area (Å²) in [6.07, 6.45) is 3.46. The molecule has 3 heterocycles. The van der Waals surface area contributed by atoms with Crippen LogP contribution in [0.1, 0.15) is 11.4 Å². The van der Waals surface area contributed by atoms with E-state index in [1.807, 2.05) is 4.90 Å². The lowest BCUT2D eigenvalue weighted by Crippen LogP contribution is -2.37. The van der Waals surface area contributed by atoms with Gasteiger partial charge in [-0.05, 0) is 44.2 Å². The van der Waals surface area contributed by atoms with E-state index >= 15 is 0 Å². The highest BCUT2D eigenvalue weighted by atomic mass is 32.2. The van der Waals surface area contributed by atoms with Crippen molar-refractivity contribution in [1.29, 1.82) is 0 Å². The molecule has 0 saturated carbocycles. The predicted octanol–water partition coefficient (Wildman–Crippen LogP) is 1.92. The van der Waals surface area contributed by atoms with Gasteiger partial charge in [0.25, 0.3) is 10.0 Å². The monoisotopic (exact) mass is 414 g/mol. The molecule has 3 aromatic rings. The van der Waals surface area contributed by atoms with Crippen molar-refractivity contribution >= 4 is 21.7 Å². The Kier molecular flexibility index (Phi) is 5.20. The zero-order valence-corrected chi connectivity index (χ0v) is 17.1. The number of sulfonamides is 1. The van der Waals surface area contributed by atoms with Crippen molar-refractivity contribution in [3.8, 4) is 5.69 Å². The maximum Gasteiger partial charge on any atom is 0.262 e. The molecular weight excluding hydrogens is 392 g/mol. The van der Waals surface area contributed by atoms with E-state index in [2.05, 4.69) is 19.8 Å². The van der Waals surface area contributed by atoms with E-state index in [9.17, 15) is 8.42 Å². The molecule has 0 spiro atoms. The van der Waals surface area contributed by atoms with E-state index in [1.54, 1.807) is 61.3 Å². The number of nitrogens with one attached hydrogen (secondary N) is 1. The quantitative estimate of drug-likeness (QED) is 0.680. The molecule has 1 aliphatic heterocycles. The SMILES string of the molecule is Cc1nc(N2CCOCC2)nc(C)c1NS(=O)(=O)c1ccc(-n2cccn2)cc1. The third-order valence-electron chi connectivity index (χ3n) is 4.71. The number of aromatic nitrogens is 4. The predicted molar refractivity (Wildman–Crippen MR) is 109 cm³/mol. The summed E-state index contributed by atoms with van der Waals surface area (Å²) in [5.41, 5.74) is 2.34. The molecule has 1 fully saturated rings. The Bertz CT molecular complexity index is 1070. The molecule has 152 valence electrons. The molecule has 2 aromatic heterocycles. The number of nitrogens with zero attached hydrogens (tertiary/aromatic N) is 5. The second-order valence-electron chi connectivity index (χ2n) is 6.72. The summed E-state index contributed by atoms with van der Waals surface area (Å²) < 4.78 is 35.4. The normalized spacial score (nSPS) is 14.8. The lowest BCUT2D eigenvalue weighted by molar-refractivity contribution is 0.122. The molecule has 0 atom stereocenters. The number of anilines is 2. The molecule has 1 aliphatic rings. The standard InChI is InChI=1S/C19H22N6O3S/c1-14-18(15(2)22-19(21-14)24-10-12-28-13-11-24)23-29(26,27)17-6-4-16(5-7-17)25-9-3-8-20-25/h3-9,23H,10-13H2,1-2H3. The van der Waals surface area contributed by atoms with Gasteiger partial charge in [-0.15, -0.1) is 0 Å². The highest BCUT2D eigenvalue weighted by molar-refractivity contribution is 7.92. The Morgan fingerprint density at radius 1 is 1.03 bits per heavy atom. The topological polar surface area (TPSA) is 102 Å². The summed E-state index contributed by atoms with van der Waals surface area (Å²) in [6.45, 7) is 6.24. The van der Waals surface area contributed by atoms with Crippen LogP contribution < -0.4 is 9.62 Å². The van der Waals surface area contributed by atoms with E-state index < -0.39 is 10.0 Å². The molecule has 0 unspecified atom stereocenters. The first-order valence-corrected chi connectivity index (χ1v) is 10.7. The summed E-state index contributed by atoms with van der Waals surface area (Å²) in [5.74, 6) is 0.592. The van der Waals surface area contributed by atoms with Gasteiger partial charge >= 0.3 is 0 Å². The van der Waals surface area contributed by atoms with Gasteiger partial charge < -0.3 is 9.64 Å². The number of benzene rings is 1. The van der Waals surface area contributed by atoms with Gasteiger partial charge in [0, 0.05) is 25.5 Å². The molecule has 1 N–H and O–H groups in total. The second-order valence-corrected chi connectivity index (χ2v) is 8.40. The number of ether oxygens (including phenoxy) is 1. The van der Waals surface area contributed by atoms with Gasteiger partial charge in [0.05, 0.1) is 40.9 Å². The number of hydrogen-bond acceptors (Lipinski definition) is 7. The zero-order valence-electron chi connectivity index (χ0n) is 16.2. The fourth-order valence-electron chi connectivity index (χ4n) is 3.14. The molecular formula is C19H22N6O3S. The van der Waals surface area contributed by atoms with Crippen LogP contribution in [0.15, 0.2) is 47.6 Å². The van der Waals surface area contributed by atoms with Crippen LogP contribution in [0.4, 0.5) is 11.6 Å². The average Bonchev–Trinajstić information content (AvgIpc) is 3.26. The fraction of sp³-hybridized carbons (Fsp3) is 0.316. The Hall–Kier alpha value is -2.98. The van der Waals surface area contributed by atoms with Gasteiger partial charge in [-0.3, -0.25) is 4.72 Å². The van der Waals surface area contributed by atoms with Crippen molar-refractivity contribution in [3.63, 3.8) is 0 Å². The van der Waals surface area contributed by atoms with Crippen molar-refractivity contribution in [2.75, 3.05) is 35.9 Å². The van der Waals surface area contributed by atoms with Crippen LogP contribution in [-0.2, 0) is 14.8 Å². The molecule has 9 nitrogen and oxygen atoms in total. The first kappa shape index (κ1) is 19.3. The van der Waals surface area contributed by atoms with Crippen LogP contribution >= 0.6 is 0 Å². The molecule has 0 radical (unpaired) electrons. The molecule has 29 heavy (non-hydrogen) atoms. The first-order valence-electron chi connectivity index (χ1n) is 9.25. The molecule has 10 heteroatoms. The second kappa shape index (κ2) is 7.80. The third-order valence-corrected chi connectivity index (χ3v) is 6.07. The van der Waals surface area contributed by atoms with Crippen LogP contribution in [0.3, 0.4) is 0 Å². The van der Waals surface area contributed by atoms with E-state index in [-0.39, 0.29) is 4.90 Å². The van der Waals surface area contributed by atoms with E-state index in [1.165, 1.54) is 0 Å². The van der Waals surface area contributed by atoms with Gasteiger partial charge in [-0.2, -0.15) is 5.10 Å².